The van der Waals surface area contributed by atoms with Gasteiger partial charge >= 0.3 is 0 Å². The molecule has 2 aromatic rings. The van der Waals surface area contributed by atoms with Gasteiger partial charge in [0.05, 0.1) is 17.0 Å². The largest absolute Gasteiger partial charge is 0.347 e. The smallest absolute Gasteiger partial charge is 0.284 e. The molecule has 0 spiro atoms. The number of nitro benzene ring substituents is 1. The lowest BCUT2D eigenvalue weighted by molar-refractivity contribution is -0.385. The summed E-state index contributed by atoms with van der Waals surface area (Å²) in [6, 6.07) is 8.42. The zero-order valence-electron chi connectivity index (χ0n) is 11.3. The van der Waals surface area contributed by atoms with Gasteiger partial charge in [0.25, 0.3) is 11.6 Å². The molecule has 0 aliphatic carbocycles. The van der Waals surface area contributed by atoms with Crippen LogP contribution in [0.2, 0.25) is 0 Å². The Morgan fingerprint density at radius 1 is 1.33 bits per heavy atom. The van der Waals surface area contributed by atoms with E-state index in [-0.39, 0.29) is 21.6 Å². The molecule has 0 saturated carbocycles. The zero-order chi connectivity index (χ0) is 15.4. The summed E-state index contributed by atoms with van der Waals surface area (Å²) in [4.78, 5) is 24.8. The highest BCUT2D eigenvalue weighted by molar-refractivity contribution is 9.10. The van der Waals surface area contributed by atoms with Crippen molar-refractivity contribution < 1.29 is 9.72 Å². The molecule has 2 rings (SSSR count). The minimum atomic E-state index is -0.520. The summed E-state index contributed by atoms with van der Waals surface area (Å²) in [7, 11) is 0. The first-order valence-corrected chi connectivity index (χ1v) is 7.92. The lowest BCUT2D eigenvalue weighted by atomic mass is 10.2. The average Bonchev–Trinajstić information content (AvgIpc) is 2.92. The molecule has 1 N–H and O–H groups in total. The molecule has 1 amide bonds. The van der Waals surface area contributed by atoms with E-state index in [1.807, 2.05) is 12.1 Å². The van der Waals surface area contributed by atoms with E-state index in [0.717, 1.165) is 11.3 Å². The first-order chi connectivity index (χ1) is 10.0. The van der Waals surface area contributed by atoms with E-state index >= 15 is 0 Å². The fourth-order valence-corrected chi connectivity index (χ4v) is 3.29. The van der Waals surface area contributed by atoms with Crippen LogP contribution in [-0.4, -0.2) is 10.8 Å². The molecule has 1 heterocycles. The molecule has 1 aromatic heterocycles. The van der Waals surface area contributed by atoms with Crippen molar-refractivity contribution in [3.8, 4) is 0 Å². The maximum Gasteiger partial charge on any atom is 0.284 e. The van der Waals surface area contributed by atoms with Crippen molar-refractivity contribution in [2.75, 3.05) is 0 Å². The van der Waals surface area contributed by atoms with Crippen molar-refractivity contribution in [1.82, 2.24) is 5.32 Å². The van der Waals surface area contributed by atoms with Crippen molar-refractivity contribution in [3.63, 3.8) is 0 Å². The summed E-state index contributed by atoms with van der Waals surface area (Å²) < 4.78 is 0.202. The lowest BCUT2D eigenvalue weighted by Crippen LogP contribution is -2.22. The summed E-state index contributed by atoms with van der Waals surface area (Å²) >= 11 is 4.77. The number of hydrogen-bond donors (Lipinski definition) is 1. The molecule has 0 unspecified atom stereocenters. The van der Waals surface area contributed by atoms with Crippen molar-refractivity contribution in [2.45, 2.75) is 19.9 Å². The van der Waals surface area contributed by atoms with Crippen LogP contribution in [0.5, 0.6) is 0 Å². The number of nitrogens with one attached hydrogen (secondary N) is 1. The van der Waals surface area contributed by atoms with Crippen LogP contribution in [0.3, 0.4) is 0 Å². The molecular weight excluding hydrogens is 356 g/mol. The molecule has 1 aromatic carbocycles. The summed E-state index contributed by atoms with van der Waals surface area (Å²) in [5, 5.41) is 13.6. The standard InChI is InChI=1S/C14H13BrN2O3S/c1-2-9-6-7-10(21-9)8-16-14(18)11-4-3-5-12(13(11)15)17(19)20/h3-7H,2,8H2,1H3,(H,16,18). The van der Waals surface area contributed by atoms with Gasteiger partial charge < -0.3 is 5.32 Å². The number of halogens is 1. The van der Waals surface area contributed by atoms with Gasteiger partial charge in [-0.25, -0.2) is 0 Å². The monoisotopic (exact) mass is 368 g/mol. The minimum absolute atomic E-state index is 0.118. The number of benzene rings is 1. The van der Waals surface area contributed by atoms with Gasteiger partial charge in [0, 0.05) is 15.8 Å². The highest BCUT2D eigenvalue weighted by Gasteiger charge is 2.19. The Bertz CT molecular complexity index is 685. The highest BCUT2D eigenvalue weighted by Crippen LogP contribution is 2.28. The van der Waals surface area contributed by atoms with E-state index in [1.54, 1.807) is 17.4 Å². The molecule has 0 fully saturated rings. The van der Waals surface area contributed by atoms with Crippen LogP contribution in [0.25, 0.3) is 0 Å². The number of nitro groups is 1. The number of hydrogen-bond acceptors (Lipinski definition) is 4. The van der Waals surface area contributed by atoms with Gasteiger partial charge in [0.15, 0.2) is 0 Å². The minimum Gasteiger partial charge on any atom is -0.347 e. The summed E-state index contributed by atoms with van der Waals surface area (Å²) in [6.45, 7) is 2.49. The fraction of sp³-hybridized carbons (Fsp3) is 0.214. The zero-order valence-corrected chi connectivity index (χ0v) is 13.7. The second kappa shape index (κ2) is 6.82. The molecule has 0 aliphatic rings. The van der Waals surface area contributed by atoms with Crippen molar-refractivity contribution in [2.24, 2.45) is 0 Å². The van der Waals surface area contributed by atoms with Gasteiger partial charge in [-0.15, -0.1) is 11.3 Å². The number of amides is 1. The average molecular weight is 369 g/mol. The number of nitrogens with zero attached hydrogens (tertiary/aromatic N) is 1. The summed E-state index contributed by atoms with van der Waals surface area (Å²) in [6.07, 6.45) is 0.967. The Morgan fingerprint density at radius 2 is 2.05 bits per heavy atom. The molecule has 0 bridgehead atoms. The maximum atomic E-state index is 12.1. The van der Waals surface area contributed by atoms with E-state index in [0.29, 0.717) is 6.54 Å². The maximum absolute atomic E-state index is 12.1. The molecule has 21 heavy (non-hydrogen) atoms. The molecule has 5 nitrogen and oxygen atoms in total. The van der Waals surface area contributed by atoms with Crippen molar-refractivity contribution >= 4 is 38.9 Å². The normalized spacial score (nSPS) is 10.4. The quantitative estimate of drug-likeness (QED) is 0.642. The van der Waals surface area contributed by atoms with Gasteiger partial charge in [0.2, 0.25) is 0 Å². The van der Waals surface area contributed by atoms with Crippen LogP contribution in [-0.2, 0) is 13.0 Å². The van der Waals surface area contributed by atoms with Crippen LogP contribution >= 0.6 is 27.3 Å². The number of rotatable bonds is 5. The Kier molecular flexibility index (Phi) is 5.08. The van der Waals surface area contributed by atoms with Crippen molar-refractivity contribution in [3.05, 3.63) is 60.2 Å². The molecule has 0 saturated heterocycles. The third-order valence-electron chi connectivity index (χ3n) is 2.91. The Labute approximate surface area is 134 Å². The SMILES string of the molecule is CCc1ccc(CNC(=O)c2cccc([N+](=O)[O-])c2Br)s1. The number of thiophene rings is 1. The van der Waals surface area contributed by atoms with Crippen LogP contribution in [0.15, 0.2) is 34.8 Å². The number of carbonyl (C=O) groups excluding carboxylic acids is 1. The second-order valence-corrected chi connectivity index (χ2v) is 6.35. The Hall–Kier alpha value is -1.73. The van der Waals surface area contributed by atoms with E-state index < -0.39 is 4.92 Å². The van der Waals surface area contributed by atoms with E-state index in [1.165, 1.54) is 17.0 Å². The Morgan fingerprint density at radius 3 is 2.67 bits per heavy atom. The first-order valence-electron chi connectivity index (χ1n) is 6.31. The van der Waals surface area contributed by atoms with Gasteiger partial charge in [-0.05, 0) is 40.5 Å². The third-order valence-corrected chi connectivity index (χ3v) is 4.97. The molecule has 110 valence electrons. The number of aryl methyl sites for hydroxylation is 1. The highest BCUT2D eigenvalue weighted by atomic mass is 79.9. The van der Waals surface area contributed by atoms with E-state index in [9.17, 15) is 14.9 Å². The third kappa shape index (κ3) is 3.68. The molecule has 0 aliphatic heterocycles. The van der Waals surface area contributed by atoms with Gasteiger partial charge in [0.1, 0.15) is 4.47 Å². The van der Waals surface area contributed by atoms with Crippen molar-refractivity contribution in [1.29, 1.82) is 0 Å². The van der Waals surface area contributed by atoms with E-state index in [4.69, 9.17) is 0 Å². The van der Waals surface area contributed by atoms with Gasteiger partial charge in [-0.2, -0.15) is 0 Å². The Balaban J connectivity index is 2.10. The van der Waals surface area contributed by atoms with Gasteiger partial charge in [-0.1, -0.05) is 13.0 Å². The number of carbonyl (C=O) groups is 1. The summed E-state index contributed by atoms with van der Waals surface area (Å²) in [5.41, 5.74) is 0.142. The van der Waals surface area contributed by atoms with Crippen LogP contribution in [0.1, 0.15) is 27.0 Å². The molecule has 7 heteroatoms. The summed E-state index contributed by atoms with van der Waals surface area (Å²) in [5.74, 6) is -0.336. The lowest BCUT2D eigenvalue weighted by Gasteiger charge is -2.06. The van der Waals surface area contributed by atoms with Crippen LogP contribution in [0.4, 0.5) is 5.69 Å². The van der Waals surface area contributed by atoms with E-state index in [2.05, 4.69) is 28.2 Å². The predicted octanol–water partition coefficient (Wildman–Crippen LogP) is 3.91. The van der Waals surface area contributed by atoms with Crippen LogP contribution in [0, 0.1) is 10.1 Å². The molecular formula is C14H13BrN2O3S. The molecule has 0 atom stereocenters. The van der Waals surface area contributed by atoms with Gasteiger partial charge in [-0.3, -0.25) is 14.9 Å². The second-order valence-electron chi connectivity index (χ2n) is 4.30. The van der Waals surface area contributed by atoms with Crippen LogP contribution < -0.4 is 5.32 Å². The predicted molar refractivity (Wildman–Crippen MR) is 85.7 cm³/mol. The first kappa shape index (κ1) is 15.7. The fourth-order valence-electron chi connectivity index (χ4n) is 1.81. The topological polar surface area (TPSA) is 72.2 Å². The molecule has 0 radical (unpaired) electrons.